The van der Waals surface area contributed by atoms with Crippen LogP contribution in [0.1, 0.15) is 63.0 Å². The van der Waals surface area contributed by atoms with Gasteiger partial charge in [0, 0.05) is 43.5 Å². The van der Waals surface area contributed by atoms with Crippen LogP contribution in [0.4, 0.5) is 4.39 Å². The number of allylic oxidation sites excluding steroid dienone is 3. The summed E-state index contributed by atoms with van der Waals surface area (Å²) in [5, 5.41) is 2.29. The molecule has 0 bridgehead atoms. The number of halogens is 1. The quantitative estimate of drug-likeness (QED) is 0.206. The molecule has 2 aromatic rings. The number of ether oxygens (including phenoxy) is 2. The molecule has 13 saturated carbocycles. The molecule has 1 saturated heterocycles. The zero-order chi connectivity index (χ0) is 38.1. The van der Waals surface area contributed by atoms with Crippen molar-refractivity contribution >= 4 is 10.8 Å². The van der Waals surface area contributed by atoms with E-state index in [2.05, 4.69) is 51.5 Å². The van der Waals surface area contributed by atoms with Crippen LogP contribution in [0.3, 0.4) is 0 Å². The Morgan fingerprint density at radius 3 is 2.10 bits per heavy atom. The molecule has 4 heteroatoms. The average Bonchev–Trinajstić information content (AvgIpc) is 4.11. The number of rotatable bonds is 7. The van der Waals surface area contributed by atoms with Crippen molar-refractivity contribution in [1.82, 2.24) is 4.90 Å². The topological polar surface area (TPSA) is 21.7 Å². The van der Waals surface area contributed by atoms with Crippen molar-refractivity contribution in [2.75, 3.05) is 40.0 Å². The van der Waals surface area contributed by atoms with Crippen LogP contribution in [-0.2, 0) is 9.47 Å². The highest BCUT2D eigenvalue weighted by Crippen LogP contribution is 2.93. The molecule has 1 heterocycles. The highest BCUT2D eigenvalue weighted by Gasteiger charge is 2.88. The highest BCUT2D eigenvalue weighted by atomic mass is 19.1. The fourth-order valence-corrected chi connectivity index (χ4v) is 27.1. The SMILES string of the molecule is COCCOCCN1CC2C3=C4C5C6=C(C3)CC3CC7CC8CC9CC%10CC%11CC2(C2C4C4C5C5C(C63)C7C3C8C9C6C%10C(C4C6C35)C%112)C1c1ccc2cc(F)ccc2c1. The van der Waals surface area contributed by atoms with Gasteiger partial charge in [-0.1, -0.05) is 40.5 Å². The predicted octanol–water partition coefficient (Wildman–Crippen LogP) is 9.94. The number of hydrogen-bond acceptors (Lipinski definition) is 3. The van der Waals surface area contributed by atoms with Gasteiger partial charge in [-0.2, -0.15) is 0 Å². The number of fused-ring (bicyclic) bond motifs is 2. The Kier molecular flexibility index (Phi) is 5.49. The molecule has 0 radical (unpaired) electrons. The van der Waals surface area contributed by atoms with Gasteiger partial charge in [0.1, 0.15) is 5.82 Å². The van der Waals surface area contributed by atoms with E-state index in [0.29, 0.717) is 30.6 Å². The number of likely N-dealkylation sites (tertiary alicyclic amines) is 1. The van der Waals surface area contributed by atoms with E-state index in [1.54, 1.807) is 56.9 Å². The van der Waals surface area contributed by atoms with Gasteiger partial charge in [-0.05, 0) is 228 Å². The van der Waals surface area contributed by atoms with Crippen LogP contribution in [0.25, 0.3) is 10.8 Å². The molecule has 28 unspecified atom stereocenters. The molecule has 16 aliphatic carbocycles. The molecule has 2 aromatic carbocycles. The second-order valence-electron chi connectivity index (χ2n) is 26.0. The van der Waals surface area contributed by atoms with Crippen molar-refractivity contribution in [1.29, 1.82) is 0 Å². The summed E-state index contributed by atoms with van der Waals surface area (Å²) in [4.78, 5) is 3.03. The molecular weight excluding hydrogens is 738 g/mol. The second-order valence-corrected chi connectivity index (χ2v) is 26.0. The third kappa shape index (κ3) is 3.09. The van der Waals surface area contributed by atoms with E-state index in [4.69, 9.17) is 9.47 Å². The first kappa shape index (κ1) is 32.6. The molecule has 3 nitrogen and oxygen atoms in total. The predicted molar refractivity (Wildman–Crippen MR) is 225 cm³/mol. The molecule has 60 heavy (non-hydrogen) atoms. The molecular formula is C56H62FNO2. The number of nitrogens with zero attached hydrogens (tertiary/aromatic N) is 1. The lowest BCUT2D eigenvalue weighted by Gasteiger charge is -2.62. The van der Waals surface area contributed by atoms with E-state index in [-0.39, 0.29) is 5.82 Å². The zero-order valence-corrected chi connectivity index (χ0v) is 35.4. The summed E-state index contributed by atoms with van der Waals surface area (Å²) in [5.74, 6) is 26.7. The Labute approximate surface area is 355 Å². The van der Waals surface area contributed by atoms with Crippen molar-refractivity contribution in [3.63, 3.8) is 0 Å². The van der Waals surface area contributed by atoms with E-state index in [9.17, 15) is 4.39 Å². The van der Waals surface area contributed by atoms with Crippen LogP contribution in [0.5, 0.6) is 0 Å². The van der Waals surface area contributed by atoms with E-state index < -0.39 is 0 Å². The first-order chi connectivity index (χ1) is 29.6. The fraction of sp³-hybridized carbons (Fsp3) is 0.750. The van der Waals surface area contributed by atoms with Gasteiger partial charge >= 0.3 is 0 Å². The minimum atomic E-state index is -0.110. The van der Waals surface area contributed by atoms with Crippen LogP contribution in [0.2, 0.25) is 0 Å². The van der Waals surface area contributed by atoms with Crippen molar-refractivity contribution in [2.45, 2.75) is 57.4 Å². The first-order valence-electron chi connectivity index (χ1n) is 26.1. The van der Waals surface area contributed by atoms with Gasteiger partial charge < -0.3 is 9.47 Å². The summed E-state index contributed by atoms with van der Waals surface area (Å²) in [6, 6.07) is 13.4. The minimum Gasteiger partial charge on any atom is -0.382 e. The fourth-order valence-electron chi connectivity index (χ4n) is 27.1. The number of hydrogen-bond donors (Lipinski definition) is 0. The van der Waals surface area contributed by atoms with Gasteiger partial charge in [0.15, 0.2) is 0 Å². The zero-order valence-electron chi connectivity index (χ0n) is 35.4. The normalized spacial score (nSPS) is 62.0. The maximum Gasteiger partial charge on any atom is 0.123 e. The molecule has 0 amide bonds. The van der Waals surface area contributed by atoms with Gasteiger partial charge in [0.05, 0.1) is 19.8 Å². The molecule has 14 fully saturated rings. The second kappa shape index (κ2) is 10.1. The molecule has 0 N–H and O–H groups in total. The van der Waals surface area contributed by atoms with E-state index in [1.165, 1.54) is 31.2 Å². The molecule has 1 spiro atoms. The number of methoxy groups -OCH3 is 1. The van der Waals surface area contributed by atoms with Crippen molar-refractivity contribution in [2.24, 2.45) is 159 Å². The summed E-state index contributed by atoms with van der Waals surface area (Å²) >= 11 is 0. The van der Waals surface area contributed by atoms with Gasteiger partial charge in [-0.25, -0.2) is 4.39 Å². The third-order valence-electron chi connectivity index (χ3n) is 26.0. The first-order valence-corrected chi connectivity index (χ1v) is 26.1. The van der Waals surface area contributed by atoms with Crippen LogP contribution in [-0.4, -0.2) is 44.9 Å². The summed E-state index contributed by atoms with van der Waals surface area (Å²) in [7, 11) is 1.80. The largest absolute Gasteiger partial charge is 0.382 e. The van der Waals surface area contributed by atoms with E-state index >= 15 is 0 Å². The summed E-state index contributed by atoms with van der Waals surface area (Å²) in [6.07, 6.45) is 12.6. The lowest BCUT2D eigenvalue weighted by Crippen LogP contribution is -2.59. The van der Waals surface area contributed by atoms with Crippen LogP contribution >= 0.6 is 0 Å². The van der Waals surface area contributed by atoms with E-state index in [0.717, 1.165) is 166 Å². The smallest absolute Gasteiger partial charge is 0.123 e. The minimum absolute atomic E-state index is 0.110. The van der Waals surface area contributed by atoms with Crippen molar-refractivity contribution < 1.29 is 13.9 Å². The Bertz CT molecular complexity index is 2470. The molecule has 19 rings (SSSR count). The van der Waals surface area contributed by atoms with Gasteiger partial charge in [-0.3, -0.25) is 4.90 Å². The Balaban J connectivity index is 0.877. The Morgan fingerprint density at radius 2 is 1.28 bits per heavy atom. The monoisotopic (exact) mass is 799 g/mol. The van der Waals surface area contributed by atoms with Crippen LogP contribution < -0.4 is 0 Å². The molecule has 28 atom stereocenters. The van der Waals surface area contributed by atoms with Crippen LogP contribution in [0.15, 0.2) is 58.7 Å². The summed E-state index contributed by atoms with van der Waals surface area (Å²) < 4.78 is 26.5. The van der Waals surface area contributed by atoms with Gasteiger partial charge in [0.2, 0.25) is 0 Å². The highest BCUT2D eigenvalue weighted by molar-refractivity contribution is 5.83. The van der Waals surface area contributed by atoms with Gasteiger partial charge in [-0.15, -0.1) is 0 Å². The van der Waals surface area contributed by atoms with Gasteiger partial charge in [0.25, 0.3) is 0 Å². The maximum absolute atomic E-state index is 14.7. The average molecular weight is 800 g/mol. The Morgan fingerprint density at radius 1 is 0.633 bits per heavy atom. The van der Waals surface area contributed by atoms with Crippen LogP contribution in [0, 0.1) is 165 Å². The maximum atomic E-state index is 14.7. The molecule has 1 aliphatic heterocycles. The summed E-state index contributed by atoms with van der Waals surface area (Å²) in [6.45, 7) is 4.39. The lowest BCUT2D eigenvalue weighted by atomic mass is 9.41. The van der Waals surface area contributed by atoms with Crippen molar-refractivity contribution in [3.8, 4) is 0 Å². The standard InChI is InChI=1S/C56H62FNO2/c1-59-8-9-60-7-6-58-20-33-32-18-29-15-26-13-27-12-24-11-25-14-28-16-30-19-56(33,55(58)23-3-2-22-17-31(57)5-4-21(22)10-23)54-40(30)45-39(28)44-35(25)34(24)42-38(27)43-36(26)37(29)46-41(32)53(54)52-50(45)48(44)47(42)49(43)51(46)52/h2-5,10,17,24-28,30,33-36,38-40,42-55H,6-9,11-16,18-20H2,1H3. The molecule has 0 aromatic heterocycles. The Hall–Kier alpha value is -2.01. The third-order valence-corrected chi connectivity index (χ3v) is 26.0. The molecule has 310 valence electrons. The lowest BCUT2D eigenvalue weighted by molar-refractivity contribution is -0.149. The molecule has 17 aliphatic rings. The van der Waals surface area contributed by atoms with E-state index in [1.807, 2.05) is 0 Å². The summed E-state index contributed by atoms with van der Waals surface area (Å²) in [5.41, 5.74) is 10.4. The van der Waals surface area contributed by atoms with Crippen molar-refractivity contribution in [3.05, 3.63) is 70.1 Å². The number of benzene rings is 2.